The number of hydrogen-bond donors (Lipinski definition) is 3. The topological polar surface area (TPSA) is 113 Å². The molecule has 0 aliphatic carbocycles. The molecule has 7 nitrogen and oxygen atoms in total. The number of halogens is 1. The Hall–Kier alpha value is -2.42. The van der Waals surface area contributed by atoms with Crippen LogP contribution in [0, 0.1) is 5.82 Å². The molecule has 0 bridgehead atoms. The van der Waals surface area contributed by atoms with Crippen molar-refractivity contribution in [2.75, 3.05) is 0 Å². The molecule has 1 aromatic carbocycles. The second kappa shape index (κ2) is 6.84. The third kappa shape index (κ3) is 6.04. The first kappa shape index (κ1) is 16.6. The first-order valence-electron chi connectivity index (χ1n) is 5.69. The van der Waals surface area contributed by atoms with E-state index in [2.05, 4.69) is 0 Å². The van der Waals surface area contributed by atoms with Gasteiger partial charge in [-0.25, -0.2) is 22.3 Å². The lowest BCUT2D eigenvalue weighted by Crippen LogP contribution is -2.45. The third-order valence-electron chi connectivity index (χ3n) is 2.26. The predicted molar refractivity (Wildman–Crippen MR) is 73.1 cm³/mol. The van der Waals surface area contributed by atoms with E-state index in [-0.39, 0.29) is 0 Å². The summed E-state index contributed by atoms with van der Waals surface area (Å²) in [6.07, 6.45) is 1.16. The zero-order valence-corrected chi connectivity index (χ0v) is 11.7. The van der Waals surface area contributed by atoms with Crippen molar-refractivity contribution in [2.45, 2.75) is 13.0 Å². The van der Waals surface area contributed by atoms with E-state index in [0.29, 0.717) is 11.0 Å². The average Bonchev–Trinajstić information content (AvgIpc) is 2.37. The van der Waals surface area contributed by atoms with Gasteiger partial charge in [-0.2, -0.15) is 0 Å². The molecule has 0 saturated heterocycles. The highest BCUT2D eigenvalue weighted by molar-refractivity contribution is 7.93. The van der Waals surface area contributed by atoms with E-state index in [0.717, 1.165) is 18.2 Å². The molecule has 3 N–H and O–H groups in total. The molecule has 1 atom stereocenters. The highest BCUT2D eigenvalue weighted by Gasteiger charge is 2.17. The van der Waals surface area contributed by atoms with Crippen LogP contribution in [-0.4, -0.2) is 31.6 Å². The van der Waals surface area contributed by atoms with Gasteiger partial charge in [0.15, 0.2) is 0 Å². The van der Waals surface area contributed by atoms with Gasteiger partial charge in [0, 0.05) is 0 Å². The summed E-state index contributed by atoms with van der Waals surface area (Å²) in [6.45, 7) is 1.18. The standard InChI is InChI=1S/C12H13FN2O5S/c1-8(11(16)17)14-12(18)15-21(19,20)7-6-9-2-4-10(13)5-3-9/h2-8H,1H3,(H,16,17)(H2,14,15,18)/b7-6+. The highest BCUT2D eigenvalue weighted by Crippen LogP contribution is 2.05. The number of nitrogens with one attached hydrogen (secondary N) is 2. The maximum Gasteiger partial charge on any atom is 0.329 e. The molecule has 0 aliphatic rings. The number of sulfonamides is 1. The Balaban J connectivity index is 2.67. The second-order valence-corrected chi connectivity index (χ2v) is 5.60. The molecule has 2 amide bonds. The number of carbonyl (C=O) groups is 2. The quantitative estimate of drug-likeness (QED) is 0.747. The second-order valence-electron chi connectivity index (χ2n) is 4.03. The van der Waals surface area contributed by atoms with Crippen molar-refractivity contribution >= 4 is 28.1 Å². The molecule has 0 radical (unpaired) electrons. The summed E-state index contributed by atoms with van der Waals surface area (Å²) in [5.74, 6) is -1.76. The monoisotopic (exact) mass is 316 g/mol. The van der Waals surface area contributed by atoms with Crippen molar-refractivity contribution in [3.05, 3.63) is 41.1 Å². The molecule has 1 rings (SSSR count). The lowest BCUT2D eigenvalue weighted by Gasteiger charge is -2.09. The molecule has 0 heterocycles. The highest BCUT2D eigenvalue weighted by atomic mass is 32.2. The van der Waals surface area contributed by atoms with Gasteiger partial charge in [0.1, 0.15) is 11.9 Å². The number of carboxylic acid groups (broad SMARTS) is 1. The first-order valence-corrected chi connectivity index (χ1v) is 7.24. The van der Waals surface area contributed by atoms with E-state index in [1.165, 1.54) is 19.1 Å². The number of aliphatic carboxylic acids is 1. The van der Waals surface area contributed by atoms with Gasteiger partial charge in [0.05, 0.1) is 5.41 Å². The number of carboxylic acids is 1. The zero-order chi connectivity index (χ0) is 16.0. The Labute approximate surface area is 120 Å². The first-order chi connectivity index (χ1) is 9.69. The molecule has 0 fully saturated rings. The largest absolute Gasteiger partial charge is 0.480 e. The number of rotatable bonds is 5. The number of benzene rings is 1. The van der Waals surface area contributed by atoms with Crippen LogP contribution < -0.4 is 10.0 Å². The number of urea groups is 1. The van der Waals surface area contributed by atoms with E-state index >= 15 is 0 Å². The minimum absolute atomic E-state index is 0.418. The summed E-state index contributed by atoms with van der Waals surface area (Å²) in [7, 11) is -4.09. The van der Waals surface area contributed by atoms with E-state index in [1.54, 1.807) is 4.72 Å². The van der Waals surface area contributed by atoms with Crippen molar-refractivity contribution in [1.82, 2.24) is 10.0 Å². The van der Waals surface area contributed by atoms with Crippen molar-refractivity contribution in [3.63, 3.8) is 0 Å². The van der Waals surface area contributed by atoms with Crippen LogP contribution in [0.2, 0.25) is 0 Å². The summed E-state index contributed by atoms with van der Waals surface area (Å²) in [6, 6.07) is 2.62. The summed E-state index contributed by atoms with van der Waals surface area (Å²) in [5.41, 5.74) is 0.418. The molecule has 0 aliphatic heterocycles. The minimum Gasteiger partial charge on any atom is -0.480 e. The molecule has 1 unspecified atom stereocenters. The van der Waals surface area contributed by atoms with Crippen LogP contribution in [0.1, 0.15) is 12.5 Å². The van der Waals surface area contributed by atoms with Crippen LogP contribution in [0.25, 0.3) is 6.08 Å². The minimum atomic E-state index is -4.09. The normalized spacial score (nSPS) is 12.9. The number of carbonyl (C=O) groups excluding carboxylic acids is 1. The van der Waals surface area contributed by atoms with Gasteiger partial charge in [-0.1, -0.05) is 12.1 Å². The molecule has 1 aromatic rings. The summed E-state index contributed by atoms with van der Waals surface area (Å²) in [4.78, 5) is 21.8. The van der Waals surface area contributed by atoms with E-state index in [4.69, 9.17) is 5.11 Å². The number of amides is 2. The van der Waals surface area contributed by atoms with Crippen LogP contribution in [0.3, 0.4) is 0 Å². The molecular weight excluding hydrogens is 303 g/mol. The van der Waals surface area contributed by atoms with Crippen LogP contribution in [-0.2, 0) is 14.8 Å². The van der Waals surface area contributed by atoms with Gasteiger partial charge < -0.3 is 10.4 Å². The fourth-order valence-electron chi connectivity index (χ4n) is 1.19. The Bertz CT molecular complexity index is 655. The lowest BCUT2D eigenvalue weighted by molar-refractivity contribution is -0.138. The molecule has 114 valence electrons. The van der Waals surface area contributed by atoms with Crippen molar-refractivity contribution in [3.8, 4) is 0 Å². The number of hydrogen-bond acceptors (Lipinski definition) is 4. The zero-order valence-electron chi connectivity index (χ0n) is 10.9. The van der Waals surface area contributed by atoms with E-state index < -0.39 is 33.9 Å². The van der Waals surface area contributed by atoms with Crippen molar-refractivity contribution < 1.29 is 27.5 Å². The van der Waals surface area contributed by atoms with Gasteiger partial charge in [-0.05, 0) is 30.7 Å². The molecule has 0 aromatic heterocycles. The molecule has 9 heteroatoms. The van der Waals surface area contributed by atoms with Gasteiger partial charge in [0.2, 0.25) is 0 Å². The van der Waals surface area contributed by atoms with E-state index in [9.17, 15) is 22.4 Å². The van der Waals surface area contributed by atoms with Crippen LogP contribution in [0.4, 0.5) is 9.18 Å². The van der Waals surface area contributed by atoms with Crippen molar-refractivity contribution in [2.24, 2.45) is 0 Å². The van der Waals surface area contributed by atoms with Gasteiger partial charge in [0.25, 0.3) is 10.0 Å². The maximum absolute atomic E-state index is 12.7. The molecule has 0 spiro atoms. The molecule has 21 heavy (non-hydrogen) atoms. The summed E-state index contributed by atoms with van der Waals surface area (Å²) in [5, 5.41) is 11.2. The Morgan fingerprint density at radius 2 is 1.86 bits per heavy atom. The lowest BCUT2D eigenvalue weighted by atomic mass is 10.2. The fraction of sp³-hybridized carbons (Fsp3) is 0.167. The smallest absolute Gasteiger partial charge is 0.329 e. The van der Waals surface area contributed by atoms with Crippen LogP contribution in [0.15, 0.2) is 29.7 Å². The average molecular weight is 316 g/mol. The van der Waals surface area contributed by atoms with Gasteiger partial charge in [-0.15, -0.1) is 0 Å². The summed E-state index contributed by atoms with van der Waals surface area (Å²) >= 11 is 0. The Morgan fingerprint density at radius 3 is 2.38 bits per heavy atom. The molecular formula is C12H13FN2O5S. The fourth-order valence-corrected chi connectivity index (χ4v) is 1.91. The SMILES string of the molecule is CC(NC(=O)NS(=O)(=O)/C=C/c1ccc(F)cc1)C(=O)O. The Morgan fingerprint density at radius 1 is 1.29 bits per heavy atom. The third-order valence-corrected chi connectivity index (χ3v) is 3.23. The maximum atomic E-state index is 12.7. The van der Waals surface area contributed by atoms with Crippen molar-refractivity contribution in [1.29, 1.82) is 0 Å². The van der Waals surface area contributed by atoms with Gasteiger partial charge in [-0.3, -0.25) is 4.79 Å². The Kier molecular flexibility index (Phi) is 5.42. The molecule has 0 saturated carbocycles. The van der Waals surface area contributed by atoms with Crippen LogP contribution in [0.5, 0.6) is 0 Å². The van der Waals surface area contributed by atoms with E-state index in [1.807, 2.05) is 5.32 Å². The summed E-state index contributed by atoms with van der Waals surface area (Å²) < 4.78 is 37.4. The predicted octanol–water partition coefficient (Wildman–Crippen LogP) is 0.898. The van der Waals surface area contributed by atoms with Crippen LogP contribution >= 0.6 is 0 Å². The van der Waals surface area contributed by atoms with Gasteiger partial charge >= 0.3 is 12.0 Å².